The lowest BCUT2D eigenvalue weighted by atomic mass is 10.0. The van der Waals surface area contributed by atoms with Crippen molar-refractivity contribution in [3.8, 4) is 0 Å². The predicted molar refractivity (Wildman–Crippen MR) is 62.3 cm³/mol. The third-order valence-electron chi connectivity index (χ3n) is 4.06. The molecule has 2 aliphatic heterocycles. The Morgan fingerprint density at radius 2 is 1.88 bits per heavy atom. The molecule has 0 saturated carbocycles. The van der Waals surface area contributed by atoms with Gasteiger partial charge in [-0.25, -0.2) is 8.78 Å². The number of aliphatic hydroxyl groups excluding tert-OH is 1. The van der Waals surface area contributed by atoms with Crippen molar-refractivity contribution in [2.75, 3.05) is 26.7 Å². The van der Waals surface area contributed by atoms with E-state index in [1.165, 1.54) is 0 Å². The van der Waals surface area contributed by atoms with E-state index in [2.05, 4.69) is 11.9 Å². The predicted octanol–water partition coefficient (Wildman–Crippen LogP) is 1.17. The zero-order valence-electron chi connectivity index (χ0n) is 10.6. The van der Waals surface area contributed by atoms with E-state index in [1.807, 2.05) is 4.90 Å². The van der Waals surface area contributed by atoms with Gasteiger partial charge in [0.15, 0.2) is 0 Å². The van der Waals surface area contributed by atoms with Crippen LogP contribution in [0.2, 0.25) is 0 Å². The summed E-state index contributed by atoms with van der Waals surface area (Å²) in [5.74, 6) is -2.63. The molecule has 2 heterocycles. The molecule has 1 unspecified atom stereocenters. The number of likely N-dealkylation sites (tertiary alicyclic amines) is 2. The highest BCUT2D eigenvalue weighted by Crippen LogP contribution is 2.36. The number of piperidine rings is 1. The third-order valence-corrected chi connectivity index (χ3v) is 4.06. The van der Waals surface area contributed by atoms with Gasteiger partial charge in [0.2, 0.25) is 0 Å². The van der Waals surface area contributed by atoms with Gasteiger partial charge in [-0.05, 0) is 39.9 Å². The van der Waals surface area contributed by atoms with E-state index >= 15 is 0 Å². The normalized spacial score (nSPS) is 34.1. The summed E-state index contributed by atoms with van der Waals surface area (Å²) in [5.41, 5.74) is 0. The van der Waals surface area contributed by atoms with Crippen LogP contribution in [0.4, 0.5) is 8.78 Å². The quantitative estimate of drug-likeness (QED) is 0.794. The molecule has 2 aliphatic rings. The minimum absolute atomic E-state index is 0.184. The average Bonchev–Trinajstić information content (AvgIpc) is 2.56. The third kappa shape index (κ3) is 2.95. The van der Waals surface area contributed by atoms with Gasteiger partial charge in [-0.15, -0.1) is 0 Å². The highest BCUT2D eigenvalue weighted by atomic mass is 19.3. The summed E-state index contributed by atoms with van der Waals surface area (Å²) in [4.78, 5) is 4.07. The molecule has 17 heavy (non-hydrogen) atoms. The van der Waals surface area contributed by atoms with Gasteiger partial charge in [-0.3, -0.25) is 4.90 Å². The lowest BCUT2D eigenvalue weighted by Crippen LogP contribution is -2.49. The van der Waals surface area contributed by atoms with Crippen LogP contribution in [-0.2, 0) is 0 Å². The van der Waals surface area contributed by atoms with Crippen molar-refractivity contribution in [3.63, 3.8) is 0 Å². The fraction of sp³-hybridized carbons (Fsp3) is 1.00. The number of aliphatic hydroxyl groups is 1. The molecule has 0 aromatic heterocycles. The maximum absolute atomic E-state index is 13.5. The van der Waals surface area contributed by atoms with E-state index in [0.717, 1.165) is 25.9 Å². The fourth-order valence-electron chi connectivity index (χ4n) is 3.05. The number of rotatable bonds is 2. The molecule has 0 radical (unpaired) electrons. The van der Waals surface area contributed by atoms with E-state index in [1.54, 1.807) is 6.92 Å². The van der Waals surface area contributed by atoms with E-state index < -0.39 is 12.0 Å². The molecule has 0 amide bonds. The first-order chi connectivity index (χ1) is 7.89. The van der Waals surface area contributed by atoms with Crippen LogP contribution in [0.15, 0.2) is 0 Å². The Kier molecular flexibility index (Phi) is 3.71. The van der Waals surface area contributed by atoms with Crippen molar-refractivity contribution in [2.45, 2.75) is 50.3 Å². The number of hydrogen-bond donors (Lipinski definition) is 1. The maximum Gasteiger partial charge on any atom is 0.262 e. The monoisotopic (exact) mass is 248 g/mol. The topological polar surface area (TPSA) is 26.7 Å². The van der Waals surface area contributed by atoms with Gasteiger partial charge < -0.3 is 10.0 Å². The first kappa shape index (κ1) is 13.2. The average molecular weight is 248 g/mol. The Morgan fingerprint density at radius 3 is 2.41 bits per heavy atom. The molecule has 0 aromatic carbocycles. The van der Waals surface area contributed by atoms with E-state index in [0.29, 0.717) is 0 Å². The SMILES string of the molecule is CC(O)[C@H]1CC(F)(F)CN1C1CCN(C)CC1. The maximum atomic E-state index is 13.5. The van der Waals surface area contributed by atoms with Gasteiger partial charge in [-0.2, -0.15) is 0 Å². The lowest BCUT2D eigenvalue weighted by Gasteiger charge is -2.38. The molecule has 5 heteroatoms. The summed E-state index contributed by atoms with van der Waals surface area (Å²) in [7, 11) is 2.06. The Balaban J connectivity index is 2.03. The van der Waals surface area contributed by atoms with Gasteiger partial charge in [0.1, 0.15) is 0 Å². The molecule has 0 aromatic rings. The van der Waals surface area contributed by atoms with Gasteiger partial charge in [0.05, 0.1) is 12.6 Å². The molecule has 3 nitrogen and oxygen atoms in total. The largest absolute Gasteiger partial charge is 0.392 e. The molecule has 2 fully saturated rings. The molecule has 0 aliphatic carbocycles. The second kappa shape index (κ2) is 4.78. The summed E-state index contributed by atoms with van der Waals surface area (Å²) >= 11 is 0. The van der Waals surface area contributed by atoms with E-state index in [9.17, 15) is 13.9 Å². The van der Waals surface area contributed by atoms with Crippen molar-refractivity contribution in [2.24, 2.45) is 0 Å². The summed E-state index contributed by atoms with van der Waals surface area (Å²) in [6, 6.07) is -0.169. The second-order valence-electron chi connectivity index (χ2n) is 5.57. The van der Waals surface area contributed by atoms with Crippen molar-refractivity contribution < 1.29 is 13.9 Å². The number of halogens is 2. The van der Waals surface area contributed by atoms with E-state index in [4.69, 9.17) is 0 Å². The molecule has 100 valence electrons. The molecule has 2 atom stereocenters. The zero-order valence-corrected chi connectivity index (χ0v) is 10.6. The van der Waals surface area contributed by atoms with Crippen molar-refractivity contribution in [1.29, 1.82) is 0 Å². The highest BCUT2D eigenvalue weighted by molar-refractivity contribution is 4.97. The molecule has 2 saturated heterocycles. The van der Waals surface area contributed by atoms with Crippen LogP contribution in [-0.4, -0.2) is 65.7 Å². The van der Waals surface area contributed by atoms with Gasteiger partial charge in [0.25, 0.3) is 5.92 Å². The number of hydrogen-bond acceptors (Lipinski definition) is 3. The van der Waals surface area contributed by atoms with Crippen LogP contribution in [0.5, 0.6) is 0 Å². The summed E-state index contributed by atoms with van der Waals surface area (Å²) in [6.07, 6.45) is 0.978. The van der Waals surface area contributed by atoms with Crippen molar-refractivity contribution in [3.05, 3.63) is 0 Å². The Labute approximate surface area is 101 Å². The fourth-order valence-corrected chi connectivity index (χ4v) is 3.05. The van der Waals surface area contributed by atoms with Gasteiger partial charge in [0, 0.05) is 18.5 Å². The minimum atomic E-state index is -2.63. The van der Waals surface area contributed by atoms with Gasteiger partial charge >= 0.3 is 0 Å². The molecular formula is C12H22F2N2O. The van der Waals surface area contributed by atoms with E-state index in [-0.39, 0.29) is 25.0 Å². The smallest absolute Gasteiger partial charge is 0.262 e. The van der Waals surface area contributed by atoms with Crippen LogP contribution in [0.3, 0.4) is 0 Å². The molecule has 0 bridgehead atoms. The Hall–Kier alpha value is -0.260. The second-order valence-corrected chi connectivity index (χ2v) is 5.57. The molecular weight excluding hydrogens is 226 g/mol. The highest BCUT2D eigenvalue weighted by Gasteiger charge is 2.48. The zero-order chi connectivity index (χ0) is 12.6. The Morgan fingerprint density at radius 1 is 1.29 bits per heavy atom. The lowest BCUT2D eigenvalue weighted by molar-refractivity contribution is 0.00329. The van der Waals surface area contributed by atoms with Crippen LogP contribution < -0.4 is 0 Å². The standard InChI is InChI=1S/C12H22F2N2O/c1-9(17)11-7-12(13,14)8-16(11)10-3-5-15(2)6-4-10/h9-11,17H,3-8H2,1-2H3/t9?,11-/m1/s1. The van der Waals surface area contributed by atoms with Crippen LogP contribution >= 0.6 is 0 Å². The molecule has 0 spiro atoms. The number of alkyl halides is 2. The number of nitrogens with zero attached hydrogens (tertiary/aromatic N) is 2. The Bertz CT molecular complexity index is 265. The summed E-state index contributed by atoms with van der Waals surface area (Å²) in [5, 5.41) is 9.65. The van der Waals surface area contributed by atoms with Crippen LogP contribution in [0.25, 0.3) is 0 Å². The molecule has 2 rings (SSSR count). The minimum Gasteiger partial charge on any atom is -0.392 e. The first-order valence-corrected chi connectivity index (χ1v) is 6.39. The summed E-state index contributed by atoms with van der Waals surface area (Å²) in [6.45, 7) is 3.35. The van der Waals surface area contributed by atoms with Crippen molar-refractivity contribution >= 4 is 0 Å². The summed E-state index contributed by atoms with van der Waals surface area (Å²) < 4.78 is 26.9. The first-order valence-electron chi connectivity index (χ1n) is 6.39. The van der Waals surface area contributed by atoms with Crippen molar-refractivity contribution in [1.82, 2.24) is 9.80 Å². The molecule has 1 N–H and O–H groups in total. The van der Waals surface area contributed by atoms with Gasteiger partial charge in [-0.1, -0.05) is 0 Å². The van der Waals surface area contributed by atoms with Crippen LogP contribution in [0, 0.1) is 0 Å². The van der Waals surface area contributed by atoms with Crippen LogP contribution in [0.1, 0.15) is 26.2 Å².